The number of hydrogen-bond acceptors (Lipinski definition) is 5. The number of esters is 1. The Kier molecular flexibility index (Phi) is 8.44. The molecule has 0 saturated heterocycles. The molecular formula is C33H40O5. The number of ether oxygens (including phenoxy) is 2. The summed E-state index contributed by atoms with van der Waals surface area (Å²) in [5.74, 6) is 0.258. The van der Waals surface area contributed by atoms with E-state index in [1.54, 1.807) is 13.0 Å². The van der Waals surface area contributed by atoms with Gasteiger partial charge >= 0.3 is 11.6 Å². The number of carbonyl (C=O) groups is 1. The van der Waals surface area contributed by atoms with Crippen molar-refractivity contribution in [3.8, 4) is 16.9 Å². The molecule has 0 spiro atoms. The first kappa shape index (κ1) is 27.7. The number of hydrogen-bond donors (Lipinski definition) is 0. The summed E-state index contributed by atoms with van der Waals surface area (Å²) in [6, 6.07) is 14.0. The molecule has 38 heavy (non-hydrogen) atoms. The number of unbranched alkanes of at least 4 members (excludes halogenated alkanes) is 2. The van der Waals surface area contributed by atoms with Gasteiger partial charge in [-0.05, 0) is 73.9 Å². The monoisotopic (exact) mass is 516 g/mol. The second kappa shape index (κ2) is 11.6. The first-order chi connectivity index (χ1) is 18.1. The molecule has 2 aromatic carbocycles. The molecule has 0 amide bonds. The quantitative estimate of drug-likeness (QED) is 0.119. The van der Waals surface area contributed by atoms with E-state index in [0.717, 1.165) is 42.2 Å². The van der Waals surface area contributed by atoms with E-state index in [1.807, 2.05) is 18.2 Å². The Balaban J connectivity index is 1.55. The Morgan fingerprint density at radius 2 is 1.79 bits per heavy atom. The average Bonchev–Trinajstić information content (AvgIpc) is 3.16. The van der Waals surface area contributed by atoms with Gasteiger partial charge in [0.2, 0.25) is 0 Å². The molecule has 1 aliphatic carbocycles. The van der Waals surface area contributed by atoms with Crippen LogP contribution in [0.2, 0.25) is 0 Å². The molecule has 5 heteroatoms. The Hall–Kier alpha value is -3.34. The van der Waals surface area contributed by atoms with Crippen molar-refractivity contribution in [2.24, 2.45) is 5.41 Å². The maximum absolute atomic E-state index is 13.1. The van der Waals surface area contributed by atoms with Crippen molar-refractivity contribution in [3.05, 3.63) is 76.2 Å². The van der Waals surface area contributed by atoms with Crippen LogP contribution < -0.4 is 10.4 Å². The van der Waals surface area contributed by atoms with Gasteiger partial charge < -0.3 is 13.9 Å². The first-order valence-corrected chi connectivity index (χ1v) is 13.9. The normalized spacial score (nSPS) is 18.4. The molecule has 0 radical (unpaired) electrons. The molecule has 0 aliphatic heterocycles. The minimum Gasteiger partial charge on any atom is -0.490 e. The van der Waals surface area contributed by atoms with Crippen LogP contribution in [0.15, 0.2) is 63.8 Å². The van der Waals surface area contributed by atoms with Crippen molar-refractivity contribution in [2.45, 2.75) is 91.8 Å². The summed E-state index contributed by atoms with van der Waals surface area (Å²) in [5.41, 5.74) is 4.16. The van der Waals surface area contributed by atoms with E-state index in [4.69, 9.17) is 13.9 Å². The summed E-state index contributed by atoms with van der Waals surface area (Å²) in [6.07, 6.45) is 6.61. The van der Waals surface area contributed by atoms with Crippen molar-refractivity contribution in [1.29, 1.82) is 0 Å². The molecule has 0 N–H and O–H groups in total. The minimum absolute atomic E-state index is 0.142. The van der Waals surface area contributed by atoms with Crippen molar-refractivity contribution in [2.75, 3.05) is 0 Å². The zero-order valence-corrected chi connectivity index (χ0v) is 23.4. The Morgan fingerprint density at radius 3 is 2.50 bits per heavy atom. The molecule has 5 nitrogen and oxygen atoms in total. The molecule has 1 aliphatic rings. The lowest BCUT2D eigenvalue weighted by atomic mass is 9.86. The summed E-state index contributed by atoms with van der Waals surface area (Å²) in [7, 11) is 0. The van der Waals surface area contributed by atoms with Gasteiger partial charge in [-0.3, -0.25) is 0 Å². The molecule has 1 heterocycles. The van der Waals surface area contributed by atoms with Crippen LogP contribution in [0.1, 0.15) is 77.8 Å². The smallest absolute Gasteiger partial charge is 0.344 e. The zero-order chi connectivity index (χ0) is 27.4. The largest absolute Gasteiger partial charge is 0.490 e. The highest BCUT2D eigenvalue weighted by Gasteiger charge is 2.47. The lowest BCUT2D eigenvalue weighted by Gasteiger charge is -2.32. The highest BCUT2D eigenvalue weighted by Crippen LogP contribution is 2.42. The van der Waals surface area contributed by atoms with E-state index in [2.05, 4.69) is 52.5 Å². The fourth-order valence-corrected chi connectivity index (χ4v) is 5.36. The van der Waals surface area contributed by atoms with Crippen molar-refractivity contribution < 1.29 is 18.7 Å². The maximum atomic E-state index is 13.1. The Bertz CT molecular complexity index is 1380. The van der Waals surface area contributed by atoms with Gasteiger partial charge in [-0.1, -0.05) is 65.3 Å². The summed E-state index contributed by atoms with van der Waals surface area (Å²) >= 11 is 0. The van der Waals surface area contributed by atoms with Gasteiger partial charge in [-0.15, -0.1) is 0 Å². The van der Waals surface area contributed by atoms with Crippen LogP contribution in [0.4, 0.5) is 0 Å². The van der Waals surface area contributed by atoms with Crippen LogP contribution in [-0.4, -0.2) is 18.2 Å². The van der Waals surface area contributed by atoms with Gasteiger partial charge in [-0.25, -0.2) is 9.59 Å². The summed E-state index contributed by atoms with van der Waals surface area (Å²) < 4.78 is 17.8. The molecule has 4 rings (SSSR count). The van der Waals surface area contributed by atoms with Gasteiger partial charge in [0.25, 0.3) is 0 Å². The predicted molar refractivity (Wildman–Crippen MR) is 153 cm³/mol. The van der Waals surface area contributed by atoms with Gasteiger partial charge in [0.15, 0.2) is 0 Å². The summed E-state index contributed by atoms with van der Waals surface area (Å²) in [5, 5.41) is 0.847. The third kappa shape index (κ3) is 5.87. The zero-order valence-electron chi connectivity index (χ0n) is 23.4. The Labute approximate surface area is 225 Å². The van der Waals surface area contributed by atoms with Crippen molar-refractivity contribution >= 4 is 16.9 Å². The lowest BCUT2D eigenvalue weighted by molar-refractivity contribution is -0.150. The number of benzene rings is 2. The molecule has 2 unspecified atom stereocenters. The molecule has 1 saturated carbocycles. The van der Waals surface area contributed by atoms with E-state index in [1.165, 1.54) is 24.8 Å². The van der Waals surface area contributed by atoms with Gasteiger partial charge in [0, 0.05) is 22.4 Å². The van der Waals surface area contributed by atoms with Crippen LogP contribution in [-0.2, 0) is 22.4 Å². The van der Waals surface area contributed by atoms with Crippen LogP contribution in [0.5, 0.6) is 5.75 Å². The van der Waals surface area contributed by atoms with E-state index in [0.29, 0.717) is 22.5 Å². The van der Waals surface area contributed by atoms with Crippen molar-refractivity contribution in [1.82, 2.24) is 0 Å². The molecule has 202 valence electrons. The summed E-state index contributed by atoms with van der Waals surface area (Å²) in [6.45, 7) is 13.8. The van der Waals surface area contributed by atoms with Gasteiger partial charge in [-0.2, -0.15) is 0 Å². The fraction of sp³-hybridized carbons (Fsp3) is 0.455. The minimum atomic E-state index is -0.371. The molecule has 0 bridgehead atoms. The van der Waals surface area contributed by atoms with Crippen LogP contribution in [0.25, 0.3) is 22.1 Å². The third-order valence-electron chi connectivity index (χ3n) is 7.84. The molecular weight excluding hydrogens is 476 g/mol. The molecule has 1 aromatic heterocycles. The van der Waals surface area contributed by atoms with Gasteiger partial charge in [0.05, 0.1) is 5.56 Å². The number of rotatable bonds is 10. The van der Waals surface area contributed by atoms with Crippen molar-refractivity contribution in [3.63, 3.8) is 0 Å². The second-order valence-corrected chi connectivity index (χ2v) is 11.1. The molecule has 2 atom stereocenters. The highest BCUT2D eigenvalue weighted by molar-refractivity contribution is 5.87. The average molecular weight is 517 g/mol. The maximum Gasteiger partial charge on any atom is 0.344 e. The van der Waals surface area contributed by atoms with Crippen LogP contribution in [0, 0.1) is 5.41 Å². The number of aryl methyl sites for hydroxylation is 2. The molecule has 3 aromatic rings. The number of carbonyl (C=O) groups excluding carboxylic acids is 1. The predicted octanol–water partition coefficient (Wildman–Crippen LogP) is 7.81. The van der Waals surface area contributed by atoms with E-state index >= 15 is 0 Å². The topological polar surface area (TPSA) is 65.7 Å². The van der Waals surface area contributed by atoms with Gasteiger partial charge in [0.1, 0.15) is 23.5 Å². The van der Waals surface area contributed by atoms with E-state index in [9.17, 15) is 9.59 Å². The van der Waals surface area contributed by atoms with E-state index in [-0.39, 0.29) is 29.2 Å². The highest BCUT2D eigenvalue weighted by atomic mass is 16.6. The second-order valence-electron chi connectivity index (χ2n) is 11.1. The standard InChI is InChI=1S/C33H40O5/c1-7-9-10-11-22-12-15-26(23(8-2)18-22)27-19-24-13-14-25(20-28(24)37-32(27)35)36-29-16-17-30(33(29,5)6)38-31(34)21(3)4/h12-15,18-20,29-30H,3,7-11,16-17H2,1-2,4-6H3. The SMILES string of the molecule is C=C(C)C(=O)OC1CCC(Oc2ccc3cc(-c4ccc(CCCCC)cc4CC)c(=O)oc3c2)C1(C)C. The molecule has 1 fully saturated rings. The third-order valence-corrected chi connectivity index (χ3v) is 7.84. The van der Waals surface area contributed by atoms with Crippen LogP contribution >= 0.6 is 0 Å². The number of fused-ring (bicyclic) bond motifs is 1. The Morgan fingerprint density at radius 1 is 1.03 bits per heavy atom. The fourth-order valence-electron chi connectivity index (χ4n) is 5.36. The first-order valence-electron chi connectivity index (χ1n) is 13.9. The van der Waals surface area contributed by atoms with E-state index < -0.39 is 0 Å². The lowest BCUT2D eigenvalue weighted by Crippen LogP contribution is -2.38. The van der Waals surface area contributed by atoms with Crippen LogP contribution in [0.3, 0.4) is 0 Å². The summed E-state index contributed by atoms with van der Waals surface area (Å²) in [4.78, 5) is 25.2.